The number of nitrogens with zero attached hydrogens (tertiary/aromatic N) is 3. The number of rotatable bonds is 3. The van der Waals surface area contributed by atoms with Crippen LogP contribution in [0.15, 0.2) is 5.16 Å². The Hall–Kier alpha value is -1.24. The number of piperidine rings is 1. The number of nitrogens with two attached hydrogens (primary N) is 1. The van der Waals surface area contributed by atoms with Gasteiger partial charge >= 0.3 is 0 Å². The van der Waals surface area contributed by atoms with Gasteiger partial charge in [0.1, 0.15) is 0 Å². The van der Waals surface area contributed by atoms with E-state index in [1.54, 1.807) is 0 Å². The monoisotopic (exact) mass is 255 g/mol. The Kier molecular flexibility index (Phi) is 3.88. The van der Waals surface area contributed by atoms with Crippen molar-refractivity contribution in [2.24, 2.45) is 0 Å². The number of carbonyl (C=O) groups excluding carboxylic acids is 1. The number of aromatic amines is 1. The molecule has 1 amide bonds. The van der Waals surface area contributed by atoms with E-state index in [0.717, 1.165) is 19.4 Å². The lowest BCUT2D eigenvalue weighted by atomic mass is 10.0. The molecule has 0 radical (unpaired) electrons. The van der Waals surface area contributed by atoms with Gasteiger partial charge in [0.2, 0.25) is 17.0 Å². The summed E-state index contributed by atoms with van der Waals surface area (Å²) in [6, 6.07) is 0.356. The molecule has 17 heavy (non-hydrogen) atoms. The van der Waals surface area contributed by atoms with Gasteiger partial charge < -0.3 is 10.6 Å². The number of amides is 1. The number of carbonyl (C=O) groups is 1. The predicted molar refractivity (Wildman–Crippen MR) is 66.5 cm³/mol. The number of aromatic nitrogens is 3. The quantitative estimate of drug-likeness (QED) is 0.783. The molecule has 2 heterocycles. The summed E-state index contributed by atoms with van der Waals surface area (Å²) >= 11 is 1.32. The molecule has 1 atom stereocenters. The molecule has 0 saturated carbocycles. The maximum Gasteiger partial charge on any atom is 0.233 e. The van der Waals surface area contributed by atoms with Crippen LogP contribution in [-0.4, -0.2) is 44.3 Å². The fourth-order valence-electron chi connectivity index (χ4n) is 2.00. The van der Waals surface area contributed by atoms with Gasteiger partial charge in [0, 0.05) is 12.6 Å². The molecule has 1 fully saturated rings. The van der Waals surface area contributed by atoms with E-state index in [2.05, 4.69) is 22.1 Å². The highest BCUT2D eigenvalue weighted by Crippen LogP contribution is 2.19. The molecule has 1 aromatic rings. The summed E-state index contributed by atoms with van der Waals surface area (Å²) in [5, 5.41) is 6.96. The second kappa shape index (κ2) is 5.39. The lowest BCUT2D eigenvalue weighted by Crippen LogP contribution is -2.42. The van der Waals surface area contributed by atoms with E-state index in [0.29, 0.717) is 17.0 Å². The number of likely N-dealkylation sites (tertiary alicyclic amines) is 1. The SMILES string of the molecule is CC1CCCCN1C(=O)CSc1n[nH]c(N)n1. The highest BCUT2D eigenvalue weighted by atomic mass is 32.2. The van der Waals surface area contributed by atoms with Gasteiger partial charge in [-0.3, -0.25) is 4.79 Å². The topological polar surface area (TPSA) is 87.9 Å². The molecular formula is C10H17N5OS. The van der Waals surface area contributed by atoms with Crippen molar-refractivity contribution in [3.8, 4) is 0 Å². The largest absolute Gasteiger partial charge is 0.368 e. The van der Waals surface area contributed by atoms with E-state index in [-0.39, 0.29) is 11.9 Å². The van der Waals surface area contributed by atoms with Crippen molar-refractivity contribution in [3.63, 3.8) is 0 Å². The van der Waals surface area contributed by atoms with Gasteiger partial charge in [0.15, 0.2) is 0 Å². The normalized spacial score (nSPS) is 20.5. The molecule has 7 heteroatoms. The highest BCUT2D eigenvalue weighted by molar-refractivity contribution is 7.99. The van der Waals surface area contributed by atoms with Gasteiger partial charge in [-0.2, -0.15) is 4.98 Å². The van der Waals surface area contributed by atoms with Crippen LogP contribution < -0.4 is 5.73 Å². The van der Waals surface area contributed by atoms with Crippen molar-refractivity contribution in [1.29, 1.82) is 0 Å². The van der Waals surface area contributed by atoms with Crippen molar-refractivity contribution >= 4 is 23.6 Å². The molecular weight excluding hydrogens is 238 g/mol. The van der Waals surface area contributed by atoms with Crippen LogP contribution in [-0.2, 0) is 4.79 Å². The molecule has 1 aliphatic heterocycles. The highest BCUT2D eigenvalue weighted by Gasteiger charge is 2.23. The Morgan fingerprint density at radius 1 is 1.65 bits per heavy atom. The van der Waals surface area contributed by atoms with Crippen LogP contribution in [0.1, 0.15) is 26.2 Å². The molecule has 1 unspecified atom stereocenters. The van der Waals surface area contributed by atoms with Gasteiger partial charge in [0.05, 0.1) is 5.75 Å². The molecule has 1 aromatic heterocycles. The van der Waals surface area contributed by atoms with Crippen molar-refractivity contribution in [1.82, 2.24) is 20.1 Å². The summed E-state index contributed by atoms with van der Waals surface area (Å²) in [7, 11) is 0. The van der Waals surface area contributed by atoms with Gasteiger partial charge in [-0.05, 0) is 26.2 Å². The van der Waals surface area contributed by atoms with Crippen molar-refractivity contribution in [3.05, 3.63) is 0 Å². The molecule has 2 rings (SSSR count). The number of H-pyrrole nitrogens is 1. The molecule has 1 aliphatic rings. The molecule has 0 bridgehead atoms. The fraction of sp³-hybridized carbons (Fsp3) is 0.700. The van der Waals surface area contributed by atoms with Gasteiger partial charge in [0.25, 0.3) is 0 Å². The van der Waals surface area contributed by atoms with Gasteiger partial charge in [-0.15, -0.1) is 5.10 Å². The van der Waals surface area contributed by atoms with Crippen LogP contribution in [0.3, 0.4) is 0 Å². The Morgan fingerprint density at radius 3 is 3.12 bits per heavy atom. The zero-order valence-electron chi connectivity index (χ0n) is 9.85. The van der Waals surface area contributed by atoms with Crippen molar-refractivity contribution < 1.29 is 4.79 Å². The summed E-state index contributed by atoms with van der Waals surface area (Å²) in [6.45, 7) is 2.98. The molecule has 0 aliphatic carbocycles. The zero-order chi connectivity index (χ0) is 12.3. The summed E-state index contributed by atoms with van der Waals surface area (Å²) in [4.78, 5) is 17.9. The summed E-state index contributed by atoms with van der Waals surface area (Å²) in [6.07, 6.45) is 3.42. The predicted octanol–water partition coefficient (Wildman–Crippen LogP) is 0.880. The molecule has 6 nitrogen and oxygen atoms in total. The first-order valence-corrected chi connectivity index (χ1v) is 6.75. The van der Waals surface area contributed by atoms with Crippen LogP contribution >= 0.6 is 11.8 Å². The van der Waals surface area contributed by atoms with Crippen LogP contribution in [0.25, 0.3) is 0 Å². The Morgan fingerprint density at radius 2 is 2.47 bits per heavy atom. The summed E-state index contributed by atoms with van der Waals surface area (Å²) in [5.41, 5.74) is 5.41. The number of anilines is 1. The molecule has 1 saturated heterocycles. The lowest BCUT2D eigenvalue weighted by molar-refractivity contribution is -0.131. The van der Waals surface area contributed by atoms with Crippen molar-refractivity contribution in [2.75, 3.05) is 18.0 Å². The van der Waals surface area contributed by atoms with Crippen LogP contribution in [0.4, 0.5) is 5.95 Å². The third-order valence-corrected chi connectivity index (χ3v) is 3.76. The minimum absolute atomic E-state index is 0.158. The summed E-state index contributed by atoms with van der Waals surface area (Å²) < 4.78 is 0. The molecule has 3 N–H and O–H groups in total. The Bertz CT molecular complexity index is 394. The third-order valence-electron chi connectivity index (χ3n) is 2.93. The van der Waals surface area contributed by atoms with Gasteiger partial charge in [-0.1, -0.05) is 11.8 Å². The number of hydrogen-bond donors (Lipinski definition) is 2. The minimum Gasteiger partial charge on any atom is -0.368 e. The maximum atomic E-state index is 12.0. The molecule has 94 valence electrons. The minimum atomic E-state index is 0.158. The number of nitrogens with one attached hydrogen (secondary N) is 1. The standard InChI is InChI=1S/C10H17N5OS/c1-7-4-2-3-5-15(7)8(16)6-17-10-12-9(11)13-14-10/h7H,2-6H2,1H3,(H3,11,12,13,14). The van der Waals surface area contributed by atoms with Crippen LogP contribution in [0.5, 0.6) is 0 Å². The maximum absolute atomic E-state index is 12.0. The second-order valence-electron chi connectivity index (χ2n) is 4.22. The summed E-state index contributed by atoms with van der Waals surface area (Å²) in [5.74, 6) is 0.818. The molecule has 0 spiro atoms. The van der Waals surface area contributed by atoms with Crippen molar-refractivity contribution in [2.45, 2.75) is 37.4 Å². The smallest absolute Gasteiger partial charge is 0.233 e. The van der Waals surface area contributed by atoms with E-state index >= 15 is 0 Å². The number of thioether (sulfide) groups is 1. The average Bonchev–Trinajstić information content (AvgIpc) is 2.73. The van der Waals surface area contributed by atoms with E-state index in [1.807, 2.05) is 4.90 Å². The van der Waals surface area contributed by atoms with Gasteiger partial charge in [-0.25, -0.2) is 5.10 Å². The van der Waals surface area contributed by atoms with E-state index in [4.69, 9.17) is 5.73 Å². The van der Waals surface area contributed by atoms with Crippen LogP contribution in [0, 0.1) is 0 Å². The first-order chi connectivity index (χ1) is 8.16. The van der Waals surface area contributed by atoms with E-state index < -0.39 is 0 Å². The van der Waals surface area contributed by atoms with E-state index in [1.165, 1.54) is 18.2 Å². The Labute approximate surface area is 104 Å². The van der Waals surface area contributed by atoms with E-state index in [9.17, 15) is 4.79 Å². The molecule has 0 aromatic carbocycles. The number of hydrogen-bond acceptors (Lipinski definition) is 5. The first-order valence-electron chi connectivity index (χ1n) is 5.77. The average molecular weight is 255 g/mol. The first kappa shape index (κ1) is 12.2. The second-order valence-corrected chi connectivity index (χ2v) is 5.17. The zero-order valence-corrected chi connectivity index (χ0v) is 10.7. The fourth-order valence-corrected chi connectivity index (χ4v) is 2.69. The van der Waals surface area contributed by atoms with Crippen LogP contribution in [0.2, 0.25) is 0 Å². The third kappa shape index (κ3) is 3.12. The number of nitrogen functional groups attached to an aromatic ring is 1. The Balaban J connectivity index is 1.84. The lowest BCUT2D eigenvalue weighted by Gasteiger charge is -2.33.